The molecule has 0 aliphatic carbocycles. The van der Waals surface area contributed by atoms with Crippen LogP contribution in [0.3, 0.4) is 0 Å². The number of phenols is 1. The van der Waals surface area contributed by atoms with E-state index in [-0.39, 0.29) is 5.75 Å². The second kappa shape index (κ2) is 7.10. The molecule has 0 amide bonds. The Morgan fingerprint density at radius 2 is 2.08 bits per heavy atom. The van der Waals surface area contributed by atoms with Gasteiger partial charge in [0.25, 0.3) is 0 Å². The van der Waals surface area contributed by atoms with Crippen molar-refractivity contribution >= 4 is 22.7 Å². The third kappa shape index (κ3) is 3.20. The first-order valence-electron chi connectivity index (χ1n) is 8.21. The fourth-order valence-electron chi connectivity index (χ4n) is 2.81. The maximum absolute atomic E-state index is 9.82. The van der Waals surface area contributed by atoms with Crippen LogP contribution in [-0.4, -0.2) is 21.3 Å². The van der Waals surface area contributed by atoms with Crippen LogP contribution >= 0.6 is 0 Å². The molecule has 1 N–H and O–H groups in total. The SMILES string of the molecule is CCOc1cc(/C=C(/C#N)c2nc3ccccc3n2CC)ccc1O. The van der Waals surface area contributed by atoms with Crippen LogP contribution in [-0.2, 0) is 6.54 Å². The van der Waals surface area contributed by atoms with Crippen LogP contribution in [0.25, 0.3) is 22.7 Å². The van der Waals surface area contributed by atoms with Crippen LogP contribution in [0.15, 0.2) is 42.5 Å². The molecule has 25 heavy (non-hydrogen) atoms. The number of benzene rings is 2. The van der Waals surface area contributed by atoms with E-state index in [2.05, 4.69) is 11.1 Å². The molecule has 0 radical (unpaired) electrons. The number of aromatic nitrogens is 2. The Hall–Kier alpha value is -3.26. The summed E-state index contributed by atoms with van der Waals surface area (Å²) in [4.78, 5) is 4.62. The second-order valence-corrected chi connectivity index (χ2v) is 5.50. The predicted octanol–water partition coefficient (Wildman–Crippen LogP) is 4.22. The van der Waals surface area contributed by atoms with Gasteiger partial charge in [0.05, 0.1) is 23.2 Å². The summed E-state index contributed by atoms with van der Waals surface area (Å²) in [7, 11) is 0. The van der Waals surface area contributed by atoms with Crippen LogP contribution in [0.2, 0.25) is 0 Å². The topological polar surface area (TPSA) is 71.1 Å². The number of imidazole rings is 1. The number of hydrogen-bond donors (Lipinski definition) is 1. The first-order chi connectivity index (χ1) is 12.2. The third-order valence-electron chi connectivity index (χ3n) is 3.93. The van der Waals surface area contributed by atoms with Gasteiger partial charge in [0.2, 0.25) is 0 Å². The number of allylic oxidation sites excluding steroid dienone is 1. The predicted molar refractivity (Wildman–Crippen MR) is 98.2 cm³/mol. The number of rotatable bonds is 5. The van der Waals surface area contributed by atoms with Gasteiger partial charge in [-0.25, -0.2) is 4.98 Å². The Kier molecular flexibility index (Phi) is 4.71. The first-order valence-corrected chi connectivity index (χ1v) is 8.21. The van der Waals surface area contributed by atoms with E-state index in [1.807, 2.05) is 42.7 Å². The van der Waals surface area contributed by atoms with Crippen molar-refractivity contribution < 1.29 is 9.84 Å². The van der Waals surface area contributed by atoms with Gasteiger partial charge in [-0.05, 0) is 49.8 Å². The molecule has 0 saturated carbocycles. The lowest BCUT2D eigenvalue weighted by molar-refractivity contribution is 0.318. The van der Waals surface area contributed by atoms with E-state index in [9.17, 15) is 10.4 Å². The van der Waals surface area contributed by atoms with Gasteiger partial charge in [0.15, 0.2) is 17.3 Å². The van der Waals surface area contributed by atoms with Crippen molar-refractivity contribution in [3.8, 4) is 17.6 Å². The lowest BCUT2D eigenvalue weighted by Crippen LogP contribution is -2.00. The Bertz CT molecular complexity index is 980. The Morgan fingerprint density at radius 1 is 1.28 bits per heavy atom. The molecule has 0 unspecified atom stereocenters. The molecular weight excluding hydrogens is 314 g/mol. The quantitative estimate of drug-likeness (QED) is 0.710. The second-order valence-electron chi connectivity index (χ2n) is 5.50. The van der Waals surface area contributed by atoms with Crippen molar-refractivity contribution in [1.82, 2.24) is 9.55 Å². The molecule has 126 valence electrons. The molecule has 0 atom stereocenters. The summed E-state index contributed by atoms with van der Waals surface area (Å²) in [6, 6.07) is 15.1. The molecule has 5 heteroatoms. The Labute approximate surface area is 146 Å². The highest BCUT2D eigenvalue weighted by molar-refractivity contribution is 5.91. The monoisotopic (exact) mass is 333 g/mol. The Morgan fingerprint density at radius 3 is 2.80 bits per heavy atom. The normalized spacial score (nSPS) is 11.5. The minimum Gasteiger partial charge on any atom is -0.504 e. The maximum atomic E-state index is 9.82. The number of nitrogens with zero attached hydrogens (tertiary/aromatic N) is 3. The molecule has 2 aromatic carbocycles. The van der Waals surface area contributed by atoms with E-state index in [1.165, 1.54) is 0 Å². The molecule has 3 aromatic rings. The van der Waals surface area contributed by atoms with Crippen LogP contribution in [0.5, 0.6) is 11.5 Å². The zero-order valence-corrected chi connectivity index (χ0v) is 14.2. The zero-order chi connectivity index (χ0) is 17.8. The number of fused-ring (bicyclic) bond motifs is 1. The number of aromatic hydroxyl groups is 1. The number of hydrogen-bond acceptors (Lipinski definition) is 4. The van der Waals surface area contributed by atoms with Gasteiger partial charge in [0.1, 0.15) is 6.07 Å². The summed E-state index contributed by atoms with van der Waals surface area (Å²) in [6.07, 6.45) is 1.76. The van der Waals surface area contributed by atoms with Gasteiger partial charge in [0, 0.05) is 6.54 Å². The van der Waals surface area contributed by atoms with Crippen molar-refractivity contribution in [3.63, 3.8) is 0 Å². The van der Waals surface area contributed by atoms with Gasteiger partial charge in [-0.3, -0.25) is 0 Å². The van der Waals surface area contributed by atoms with E-state index in [0.717, 1.165) is 16.6 Å². The van der Waals surface area contributed by atoms with Crippen molar-refractivity contribution in [2.45, 2.75) is 20.4 Å². The summed E-state index contributed by atoms with van der Waals surface area (Å²) in [5, 5.41) is 19.5. The highest BCUT2D eigenvalue weighted by Crippen LogP contribution is 2.29. The minimum atomic E-state index is 0.0818. The van der Waals surface area contributed by atoms with Crippen LogP contribution < -0.4 is 4.74 Å². The average molecular weight is 333 g/mol. The number of para-hydroxylation sites is 2. The van der Waals surface area contributed by atoms with Gasteiger partial charge < -0.3 is 14.4 Å². The highest BCUT2D eigenvalue weighted by Gasteiger charge is 2.13. The summed E-state index contributed by atoms with van der Waals surface area (Å²) >= 11 is 0. The molecule has 0 saturated heterocycles. The number of aryl methyl sites for hydroxylation is 1. The number of phenolic OH excluding ortho intramolecular Hbond substituents is 1. The summed E-state index contributed by atoms with van der Waals surface area (Å²) in [6.45, 7) is 5.05. The molecule has 3 rings (SSSR count). The molecular formula is C20H19N3O2. The smallest absolute Gasteiger partial charge is 0.161 e. The standard InChI is InChI=1S/C20H19N3O2/c1-3-23-17-8-6-5-7-16(17)22-20(23)15(13-21)11-14-9-10-18(24)19(12-14)25-4-2/h5-12,24H,3-4H2,1-2H3/b15-11-. The molecule has 1 heterocycles. The van der Waals surface area contributed by atoms with Crippen LogP contribution in [0, 0.1) is 11.3 Å². The van der Waals surface area contributed by atoms with E-state index in [0.29, 0.717) is 30.3 Å². The lowest BCUT2D eigenvalue weighted by atomic mass is 10.1. The molecule has 1 aromatic heterocycles. The zero-order valence-electron chi connectivity index (χ0n) is 14.2. The number of ether oxygens (including phenoxy) is 1. The van der Waals surface area contributed by atoms with E-state index in [4.69, 9.17) is 4.74 Å². The molecule has 5 nitrogen and oxygen atoms in total. The maximum Gasteiger partial charge on any atom is 0.161 e. The van der Waals surface area contributed by atoms with Crippen LogP contribution in [0.1, 0.15) is 25.2 Å². The van der Waals surface area contributed by atoms with E-state index >= 15 is 0 Å². The fourth-order valence-corrected chi connectivity index (χ4v) is 2.81. The molecule has 0 fully saturated rings. The van der Waals surface area contributed by atoms with E-state index in [1.54, 1.807) is 24.3 Å². The summed E-state index contributed by atoms with van der Waals surface area (Å²) in [5.41, 5.74) is 3.10. The molecule has 0 spiro atoms. The van der Waals surface area contributed by atoms with Gasteiger partial charge >= 0.3 is 0 Å². The van der Waals surface area contributed by atoms with Crippen molar-refractivity contribution in [1.29, 1.82) is 5.26 Å². The highest BCUT2D eigenvalue weighted by atomic mass is 16.5. The molecule has 0 aliphatic rings. The third-order valence-corrected chi connectivity index (χ3v) is 3.93. The molecule has 0 aliphatic heterocycles. The van der Waals surface area contributed by atoms with Crippen molar-refractivity contribution in [2.75, 3.05) is 6.61 Å². The first kappa shape index (κ1) is 16.6. The van der Waals surface area contributed by atoms with E-state index < -0.39 is 0 Å². The van der Waals surface area contributed by atoms with Crippen molar-refractivity contribution in [3.05, 3.63) is 53.9 Å². The minimum absolute atomic E-state index is 0.0818. The van der Waals surface area contributed by atoms with Gasteiger partial charge in [-0.1, -0.05) is 18.2 Å². The Balaban J connectivity index is 2.11. The summed E-state index contributed by atoms with van der Waals surface area (Å²) < 4.78 is 7.43. The van der Waals surface area contributed by atoms with Gasteiger partial charge in [-0.2, -0.15) is 5.26 Å². The largest absolute Gasteiger partial charge is 0.504 e. The van der Waals surface area contributed by atoms with Crippen molar-refractivity contribution in [2.24, 2.45) is 0 Å². The average Bonchev–Trinajstić information content (AvgIpc) is 3.00. The number of nitriles is 1. The fraction of sp³-hybridized carbons (Fsp3) is 0.200. The van der Waals surface area contributed by atoms with Gasteiger partial charge in [-0.15, -0.1) is 0 Å². The summed E-state index contributed by atoms with van der Waals surface area (Å²) in [5.74, 6) is 1.12. The van der Waals surface area contributed by atoms with Crippen LogP contribution in [0.4, 0.5) is 0 Å². The molecule has 0 bridgehead atoms. The lowest BCUT2D eigenvalue weighted by Gasteiger charge is -2.07.